The van der Waals surface area contributed by atoms with Gasteiger partial charge in [-0.1, -0.05) is 41.9 Å². The second-order valence-electron chi connectivity index (χ2n) is 6.75. The lowest BCUT2D eigenvalue weighted by atomic mass is 9.95. The van der Waals surface area contributed by atoms with Gasteiger partial charge in [0.2, 0.25) is 0 Å². The lowest BCUT2D eigenvalue weighted by molar-refractivity contribution is -0.681. The van der Waals surface area contributed by atoms with Gasteiger partial charge in [-0.15, -0.1) is 0 Å². The van der Waals surface area contributed by atoms with Gasteiger partial charge in [0.1, 0.15) is 0 Å². The average Bonchev–Trinajstić information content (AvgIpc) is 2.65. The van der Waals surface area contributed by atoms with Gasteiger partial charge >= 0.3 is 0 Å². The largest absolute Gasteiger partial charge is 0.336 e. The van der Waals surface area contributed by atoms with Gasteiger partial charge < -0.3 is 5.32 Å². The van der Waals surface area contributed by atoms with Gasteiger partial charge in [-0.05, 0) is 56.0 Å². The second-order valence-corrected chi connectivity index (χ2v) is 8.27. The van der Waals surface area contributed by atoms with E-state index in [2.05, 4.69) is 11.4 Å². The van der Waals surface area contributed by atoms with Gasteiger partial charge in [-0.25, -0.2) is 0 Å². The molecule has 0 aromatic heterocycles. The summed E-state index contributed by atoms with van der Waals surface area (Å²) in [5.41, 5.74) is 1.86. The molecule has 1 aliphatic heterocycles. The number of fused-ring (bicyclic) bond motifs is 2. The fourth-order valence-electron chi connectivity index (χ4n) is 3.73. The van der Waals surface area contributed by atoms with Crippen molar-refractivity contribution < 1.29 is 10.1 Å². The van der Waals surface area contributed by atoms with Crippen LogP contribution in [0.15, 0.2) is 52.3 Å². The van der Waals surface area contributed by atoms with E-state index in [4.69, 9.17) is 11.6 Å². The van der Waals surface area contributed by atoms with E-state index in [-0.39, 0.29) is 5.91 Å². The summed E-state index contributed by atoms with van der Waals surface area (Å²) in [6.45, 7) is 0.482. The van der Waals surface area contributed by atoms with Crippen LogP contribution in [0.25, 0.3) is 0 Å². The Morgan fingerprint density at radius 3 is 2.68 bits per heavy atom. The number of para-hydroxylation sites is 1. The number of benzene rings is 2. The van der Waals surface area contributed by atoms with Crippen molar-refractivity contribution in [2.75, 3.05) is 11.4 Å². The minimum Gasteiger partial charge on any atom is -0.336 e. The van der Waals surface area contributed by atoms with Crippen molar-refractivity contribution >= 4 is 40.6 Å². The summed E-state index contributed by atoms with van der Waals surface area (Å²) >= 11 is 7.91. The molecule has 3 nitrogen and oxygen atoms in total. The van der Waals surface area contributed by atoms with E-state index in [0.717, 1.165) is 21.2 Å². The third-order valence-corrected chi connectivity index (χ3v) is 6.38. The van der Waals surface area contributed by atoms with Crippen molar-refractivity contribution in [2.45, 2.75) is 47.9 Å². The summed E-state index contributed by atoms with van der Waals surface area (Å²) in [6, 6.07) is 14.5. The molecule has 4 rings (SSSR count). The summed E-state index contributed by atoms with van der Waals surface area (Å²) in [6.07, 6.45) is 6.36. The van der Waals surface area contributed by atoms with E-state index in [1.165, 1.54) is 32.1 Å². The summed E-state index contributed by atoms with van der Waals surface area (Å²) < 4.78 is 0. The van der Waals surface area contributed by atoms with Crippen LogP contribution in [0.1, 0.15) is 32.1 Å². The molecule has 0 bridgehead atoms. The Morgan fingerprint density at radius 1 is 1.08 bits per heavy atom. The van der Waals surface area contributed by atoms with E-state index >= 15 is 0 Å². The average molecular weight is 374 g/mol. The van der Waals surface area contributed by atoms with Crippen LogP contribution in [0.2, 0.25) is 5.02 Å². The normalized spacial score (nSPS) is 17.1. The Bertz CT molecular complexity index is 789. The highest BCUT2D eigenvalue weighted by Gasteiger charge is 2.29. The van der Waals surface area contributed by atoms with Crippen LogP contribution < -0.4 is 10.2 Å². The Balaban J connectivity index is 1.61. The number of nitrogens with two attached hydrogens (primary N) is 1. The molecule has 1 aliphatic carbocycles. The molecule has 1 saturated carbocycles. The van der Waals surface area contributed by atoms with Crippen molar-refractivity contribution in [2.24, 2.45) is 0 Å². The Morgan fingerprint density at radius 2 is 1.84 bits per heavy atom. The molecule has 25 heavy (non-hydrogen) atoms. The molecule has 1 amide bonds. The second kappa shape index (κ2) is 7.40. The van der Waals surface area contributed by atoms with E-state index in [1.807, 2.05) is 41.3 Å². The van der Waals surface area contributed by atoms with Crippen LogP contribution in [0.4, 0.5) is 11.4 Å². The number of hydrogen-bond acceptors (Lipinski definition) is 2. The maximum Gasteiger partial charge on any atom is 0.286 e. The lowest BCUT2D eigenvalue weighted by Gasteiger charge is -2.31. The van der Waals surface area contributed by atoms with Crippen LogP contribution >= 0.6 is 23.4 Å². The van der Waals surface area contributed by atoms with Crippen molar-refractivity contribution in [1.29, 1.82) is 0 Å². The summed E-state index contributed by atoms with van der Waals surface area (Å²) in [4.78, 5) is 17.2. The standard InChI is InChI=1S/C20H21ClN2OS/c21-14-10-11-19-17(12-14)23(16-8-4-5-9-18(16)25-19)20(24)13-22-15-6-2-1-3-7-15/h4-5,8-12,15,22H,1-3,6-7,13H2/p+1. The predicted molar refractivity (Wildman–Crippen MR) is 103 cm³/mol. The smallest absolute Gasteiger partial charge is 0.286 e. The predicted octanol–water partition coefficient (Wildman–Crippen LogP) is 4.37. The molecule has 2 aromatic carbocycles. The first-order valence-corrected chi connectivity index (χ1v) is 10.1. The van der Waals surface area contributed by atoms with Crippen molar-refractivity contribution in [3.8, 4) is 0 Å². The fourth-order valence-corrected chi connectivity index (χ4v) is 4.93. The van der Waals surface area contributed by atoms with Crippen LogP contribution in [-0.2, 0) is 4.79 Å². The number of hydrogen-bond donors (Lipinski definition) is 1. The molecular weight excluding hydrogens is 352 g/mol. The molecule has 2 aliphatic rings. The number of quaternary nitrogens is 1. The highest BCUT2D eigenvalue weighted by atomic mass is 35.5. The quantitative estimate of drug-likeness (QED) is 0.867. The van der Waals surface area contributed by atoms with Crippen LogP contribution in [0.5, 0.6) is 0 Å². The van der Waals surface area contributed by atoms with E-state index < -0.39 is 0 Å². The third-order valence-electron chi connectivity index (χ3n) is 5.01. The zero-order chi connectivity index (χ0) is 17.2. The van der Waals surface area contributed by atoms with Gasteiger partial charge in [0.15, 0.2) is 6.54 Å². The van der Waals surface area contributed by atoms with Crippen molar-refractivity contribution in [3.63, 3.8) is 0 Å². The molecule has 1 heterocycles. The highest BCUT2D eigenvalue weighted by molar-refractivity contribution is 7.99. The van der Waals surface area contributed by atoms with Crippen LogP contribution in [-0.4, -0.2) is 18.5 Å². The number of carbonyl (C=O) groups is 1. The number of anilines is 2. The highest BCUT2D eigenvalue weighted by Crippen LogP contribution is 2.48. The topological polar surface area (TPSA) is 36.9 Å². The fraction of sp³-hybridized carbons (Fsp3) is 0.350. The maximum absolute atomic E-state index is 13.1. The first kappa shape index (κ1) is 17.0. The minimum absolute atomic E-state index is 0.127. The number of nitrogens with zero attached hydrogens (tertiary/aromatic N) is 1. The first-order chi connectivity index (χ1) is 12.2. The summed E-state index contributed by atoms with van der Waals surface area (Å²) in [7, 11) is 0. The molecule has 0 spiro atoms. The number of carbonyl (C=O) groups excluding carboxylic acids is 1. The summed E-state index contributed by atoms with van der Waals surface area (Å²) in [5.74, 6) is 0.127. The molecule has 1 fully saturated rings. The summed E-state index contributed by atoms with van der Waals surface area (Å²) in [5, 5.41) is 2.89. The SMILES string of the molecule is O=C(C[NH2+]C1CCCCC1)N1c2ccccc2Sc2ccc(Cl)cc21. The van der Waals surface area contributed by atoms with Crippen molar-refractivity contribution in [3.05, 3.63) is 47.5 Å². The Labute approximate surface area is 157 Å². The molecule has 0 saturated heterocycles. The Kier molecular flexibility index (Phi) is 5.02. The third kappa shape index (κ3) is 3.57. The van der Waals surface area contributed by atoms with E-state index in [9.17, 15) is 4.79 Å². The zero-order valence-electron chi connectivity index (χ0n) is 14.1. The monoisotopic (exact) mass is 373 g/mol. The number of amides is 1. The van der Waals surface area contributed by atoms with Crippen LogP contribution in [0.3, 0.4) is 0 Å². The van der Waals surface area contributed by atoms with E-state index in [1.54, 1.807) is 11.8 Å². The molecule has 5 heteroatoms. The molecule has 2 aromatic rings. The lowest BCUT2D eigenvalue weighted by Crippen LogP contribution is -2.92. The molecule has 130 valence electrons. The van der Waals surface area contributed by atoms with Crippen LogP contribution in [0, 0.1) is 0 Å². The zero-order valence-corrected chi connectivity index (χ0v) is 15.7. The van der Waals surface area contributed by atoms with Gasteiger partial charge in [0, 0.05) is 14.8 Å². The minimum atomic E-state index is 0.127. The van der Waals surface area contributed by atoms with E-state index in [0.29, 0.717) is 17.6 Å². The van der Waals surface area contributed by atoms with Gasteiger partial charge in [-0.2, -0.15) is 0 Å². The molecule has 0 atom stereocenters. The first-order valence-electron chi connectivity index (χ1n) is 8.95. The van der Waals surface area contributed by atoms with Crippen molar-refractivity contribution in [1.82, 2.24) is 0 Å². The molecule has 0 unspecified atom stereocenters. The van der Waals surface area contributed by atoms with Gasteiger partial charge in [-0.3, -0.25) is 9.69 Å². The molecular formula is C20H22ClN2OS+. The van der Waals surface area contributed by atoms with Gasteiger partial charge in [0.25, 0.3) is 5.91 Å². The Hall–Kier alpha value is -1.49. The molecule has 0 radical (unpaired) electrons. The van der Waals surface area contributed by atoms with Gasteiger partial charge in [0.05, 0.1) is 17.4 Å². The molecule has 2 N–H and O–H groups in total. The number of rotatable bonds is 3. The maximum atomic E-state index is 13.1. The number of halogens is 1.